The fraction of sp³-hybridized carbons (Fsp3) is 0.591. The zero-order chi connectivity index (χ0) is 19.1. The van der Waals surface area contributed by atoms with Crippen molar-refractivity contribution in [2.75, 3.05) is 26.4 Å². The van der Waals surface area contributed by atoms with Crippen LogP contribution >= 0.6 is 11.6 Å². The van der Waals surface area contributed by atoms with E-state index in [0.717, 1.165) is 50.9 Å². The van der Waals surface area contributed by atoms with Crippen LogP contribution in [0.4, 0.5) is 0 Å². The average molecular weight is 404 g/mol. The van der Waals surface area contributed by atoms with Crippen LogP contribution in [0, 0.1) is 11.8 Å². The molecule has 3 heterocycles. The Bertz CT molecular complexity index is 758. The van der Waals surface area contributed by atoms with Crippen LogP contribution in [0.1, 0.15) is 31.2 Å². The largest absolute Gasteiger partial charge is 0.496 e. The van der Waals surface area contributed by atoms with E-state index < -0.39 is 0 Å². The van der Waals surface area contributed by atoms with E-state index >= 15 is 0 Å². The summed E-state index contributed by atoms with van der Waals surface area (Å²) >= 11 is 5.99. The summed E-state index contributed by atoms with van der Waals surface area (Å²) in [5, 5.41) is 0.664. The van der Waals surface area contributed by atoms with E-state index in [1.165, 1.54) is 0 Å². The Balaban J connectivity index is 1.32. The van der Waals surface area contributed by atoms with Gasteiger partial charge in [-0.05, 0) is 43.4 Å². The van der Waals surface area contributed by atoms with Gasteiger partial charge < -0.3 is 14.2 Å². The highest BCUT2D eigenvalue weighted by Gasteiger charge is 2.49. The van der Waals surface area contributed by atoms with E-state index in [1.54, 1.807) is 6.26 Å². The lowest BCUT2D eigenvalue weighted by atomic mass is 9.71. The van der Waals surface area contributed by atoms with Crippen molar-refractivity contribution in [3.8, 4) is 0 Å². The van der Waals surface area contributed by atoms with Crippen LogP contribution in [0.3, 0.4) is 0 Å². The minimum absolute atomic E-state index is 0.0943. The van der Waals surface area contributed by atoms with Gasteiger partial charge in [0, 0.05) is 30.6 Å². The highest BCUT2D eigenvalue weighted by molar-refractivity contribution is 6.30. The normalized spacial score (nSPS) is 35.7. The molecule has 28 heavy (non-hydrogen) atoms. The molecule has 1 aromatic rings. The summed E-state index contributed by atoms with van der Waals surface area (Å²) in [7, 11) is 0. The maximum absolute atomic E-state index is 13.2. The topological polar surface area (TPSA) is 48.0 Å². The molecule has 5 atom stereocenters. The molecule has 0 N–H and O–H groups in total. The van der Waals surface area contributed by atoms with Gasteiger partial charge in [-0.2, -0.15) is 0 Å². The number of fused-ring (bicyclic) bond motifs is 3. The quantitative estimate of drug-likeness (QED) is 0.772. The molecule has 5 unspecified atom stereocenters. The second-order valence-electron chi connectivity index (χ2n) is 8.36. The van der Waals surface area contributed by atoms with E-state index in [4.69, 9.17) is 25.8 Å². The van der Waals surface area contributed by atoms with Gasteiger partial charge >= 0.3 is 0 Å². The summed E-state index contributed by atoms with van der Waals surface area (Å²) < 4.78 is 18.1. The highest BCUT2D eigenvalue weighted by atomic mass is 35.5. The first-order valence-corrected chi connectivity index (χ1v) is 10.7. The van der Waals surface area contributed by atoms with Crippen molar-refractivity contribution in [3.63, 3.8) is 0 Å². The van der Waals surface area contributed by atoms with E-state index in [1.807, 2.05) is 24.3 Å². The number of carbonyl (C=O) groups is 1. The molecule has 0 aromatic heterocycles. The van der Waals surface area contributed by atoms with E-state index in [-0.39, 0.29) is 29.8 Å². The molecule has 0 bridgehead atoms. The Morgan fingerprint density at radius 2 is 1.96 bits per heavy atom. The van der Waals surface area contributed by atoms with Gasteiger partial charge in [0.05, 0.1) is 36.7 Å². The molecule has 150 valence electrons. The van der Waals surface area contributed by atoms with Crippen LogP contribution in [0.5, 0.6) is 0 Å². The highest BCUT2D eigenvalue weighted by Crippen LogP contribution is 2.42. The predicted octanol–water partition coefficient (Wildman–Crippen LogP) is 3.51. The summed E-state index contributed by atoms with van der Waals surface area (Å²) in [5.74, 6) is 0.317. The van der Waals surface area contributed by atoms with Gasteiger partial charge in [0.25, 0.3) is 0 Å². The third-order valence-corrected chi connectivity index (χ3v) is 6.84. The lowest BCUT2D eigenvalue weighted by molar-refractivity contribution is -0.173. The molecule has 6 heteroatoms. The van der Waals surface area contributed by atoms with Gasteiger partial charge in [-0.1, -0.05) is 23.7 Å². The van der Waals surface area contributed by atoms with Crippen molar-refractivity contribution in [2.24, 2.45) is 11.8 Å². The second-order valence-corrected chi connectivity index (χ2v) is 8.79. The zero-order valence-corrected chi connectivity index (χ0v) is 16.6. The van der Waals surface area contributed by atoms with Gasteiger partial charge in [0.1, 0.15) is 6.10 Å². The first kappa shape index (κ1) is 18.6. The zero-order valence-electron chi connectivity index (χ0n) is 15.9. The Kier molecular flexibility index (Phi) is 5.18. The fourth-order valence-corrected chi connectivity index (χ4v) is 5.26. The number of hydrogen-bond donors (Lipinski definition) is 0. The van der Waals surface area contributed by atoms with Gasteiger partial charge in [-0.3, -0.25) is 9.69 Å². The first-order valence-electron chi connectivity index (χ1n) is 10.3. The third kappa shape index (κ3) is 3.50. The van der Waals surface area contributed by atoms with Crippen LogP contribution < -0.4 is 0 Å². The van der Waals surface area contributed by atoms with Crippen LogP contribution in [0.2, 0.25) is 5.02 Å². The molecular formula is C22H26ClNO4. The Labute approximate surface area is 170 Å². The lowest BCUT2D eigenvalue weighted by Gasteiger charge is -2.48. The Morgan fingerprint density at radius 1 is 1.11 bits per heavy atom. The number of rotatable bonds is 3. The summed E-state index contributed by atoms with van der Waals surface area (Å²) in [4.78, 5) is 15.5. The fourth-order valence-electron chi connectivity index (χ4n) is 5.14. The molecule has 0 amide bonds. The van der Waals surface area contributed by atoms with E-state index in [2.05, 4.69) is 4.90 Å². The van der Waals surface area contributed by atoms with Gasteiger partial charge in [-0.15, -0.1) is 0 Å². The smallest absolute Gasteiger partial charge is 0.173 e. The monoisotopic (exact) mass is 403 g/mol. The number of Topliss-reactive ketones (excluding diaryl/α,β-unsaturated/α-hetero) is 1. The molecule has 3 aliphatic heterocycles. The third-order valence-electron chi connectivity index (χ3n) is 6.58. The molecule has 5 rings (SSSR count). The summed E-state index contributed by atoms with van der Waals surface area (Å²) in [5.41, 5.74) is 1.53. The SMILES string of the molecule is O=C1C(c2ccc(Cl)cc2)=COC2C1CCC1OCN(CC3CCCO3)CC12. The molecule has 1 saturated carbocycles. The van der Waals surface area contributed by atoms with Crippen LogP contribution in [-0.2, 0) is 19.0 Å². The molecule has 0 radical (unpaired) electrons. The van der Waals surface area contributed by atoms with Crippen molar-refractivity contribution in [2.45, 2.75) is 44.0 Å². The maximum atomic E-state index is 13.2. The van der Waals surface area contributed by atoms with E-state index in [9.17, 15) is 4.79 Å². The minimum atomic E-state index is -0.102. The van der Waals surface area contributed by atoms with Gasteiger partial charge in [0.15, 0.2) is 5.78 Å². The lowest BCUT2D eigenvalue weighted by Crippen LogP contribution is -2.57. The Hall–Kier alpha value is -1.40. The summed E-state index contributed by atoms with van der Waals surface area (Å²) in [6.07, 6.45) is 6.06. The number of halogens is 1. The number of carbonyl (C=O) groups excluding carboxylic acids is 1. The first-order chi connectivity index (χ1) is 13.7. The van der Waals surface area contributed by atoms with Crippen molar-refractivity contribution in [1.29, 1.82) is 0 Å². The molecule has 1 aliphatic carbocycles. The Morgan fingerprint density at radius 3 is 2.75 bits per heavy atom. The number of ether oxygens (including phenoxy) is 3. The molecule has 3 fully saturated rings. The number of nitrogens with zero attached hydrogens (tertiary/aromatic N) is 1. The van der Waals surface area contributed by atoms with E-state index in [0.29, 0.717) is 23.4 Å². The molecule has 1 aromatic carbocycles. The number of ketones is 1. The van der Waals surface area contributed by atoms with Crippen molar-refractivity contribution in [3.05, 3.63) is 41.1 Å². The van der Waals surface area contributed by atoms with Gasteiger partial charge in [0.2, 0.25) is 0 Å². The number of hydrogen-bond acceptors (Lipinski definition) is 5. The predicted molar refractivity (Wildman–Crippen MR) is 106 cm³/mol. The second kappa shape index (κ2) is 7.79. The van der Waals surface area contributed by atoms with Crippen molar-refractivity contribution >= 4 is 23.0 Å². The summed E-state index contributed by atoms with van der Waals surface area (Å²) in [6.45, 7) is 3.33. The number of allylic oxidation sites excluding steroid dienone is 1. The molecule has 4 aliphatic rings. The average Bonchev–Trinajstić information content (AvgIpc) is 3.22. The summed E-state index contributed by atoms with van der Waals surface area (Å²) in [6, 6.07) is 7.39. The minimum Gasteiger partial charge on any atom is -0.496 e. The molecule has 5 nitrogen and oxygen atoms in total. The van der Waals surface area contributed by atoms with Crippen LogP contribution in [-0.4, -0.2) is 55.4 Å². The van der Waals surface area contributed by atoms with Crippen molar-refractivity contribution < 1.29 is 19.0 Å². The number of benzene rings is 1. The molecular weight excluding hydrogens is 378 g/mol. The van der Waals surface area contributed by atoms with Crippen LogP contribution in [0.15, 0.2) is 30.5 Å². The maximum Gasteiger partial charge on any atom is 0.173 e. The molecule has 0 spiro atoms. The standard InChI is InChI=1S/C22H26ClNO4/c23-15-5-3-14(4-6-15)19-12-27-22-17(21(19)25)7-8-20-18(22)11-24(13-28-20)10-16-2-1-9-26-16/h3-6,12,16-18,20,22H,1-2,7-11,13H2. The van der Waals surface area contributed by atoms with Gasteiger partial charge in [-0.25, -0.2) is 0 Å². The van der Waals surface area contributed by atoms with Crippen LogP contribution in [0.25, 0.3) is 5.57 Å². The van der Waals surface area contributed by atoms with Crippen molar-refractivity contribution in [1.82, 2.24) is 4.90 Å². The molecule has 2 saturated heterocycles.